The molecule has 2 rings (SSSR count). The number of piperidine rings is 1. The van der Waals surface area contributed by atoms with Crippen LogP contribution in [0.4, 0.5) is 4.79 Å². The summed E-state index contributed by atoms with van der Waals surface area (Å²) in [5.41, 5.74) is 0.386. The molecule has 2 aliphatic rings. The quantitative estimate of drug-likeness (QED) is 0.739. The minimum Gasteiger partial charge on any atom is -0.465 e. The van der Waals surface area contributed by atoms with E-state index < -0.39 is 12.1 Å². The highest BCUT2D eigenvalue weighted by Crippen LogP contribution is 2.52. The standard InChI is InChI=1S/C11H18N2O3/c1-8(12-10(15)16)9(14)13-6-2-3-11(7-13)4-5-11/h8,12H,2-7H2,1H3,(H,15,16). The predicted octanol–water partition coefficient (Wildman–Crippen LogP) is 1.05. The minimum absolute atomic E-state index is 0.0895. The largest absolute Gasteiger partial charge is 0.465 e. The lowest BCUT2D eigenvalue weighted by Crippen LogP contribution is -2.50. The van der Waals surface area contributed by atoms with E-state index in [2.05, 4.69) is 5.32 Å². The van der Waals surface area contributed by atoms with Gasteiger partial charge in [0.05, 0.1) is 0 Å². The first-order valence-corrected chi connectivity index (χ1v) is 5.81. The molecule has 1 spiro atoms. The summed E-state index contributed by atoms with van der Waals surface area (Å²) in [6, 6.07) is -0.633. The lowest BCUT2D eigenvalue weighted by atomic mass is 9.94. The molecule has 0 bridgehead atoms. The van der Waals surface area contributed by atoms with Crippen LogP contribution in [0.15, 0.2) is 0 Å². The fraction of sp³-hybridized carbons (Fsp3) is 0.818. The van der Waals surface area contributed by atoms with Gasteiger partial charge < -0.3 is 15.3 Å². The van der Waals surface area contributed by atoms with Crippen LogP contribution in [0.2, 0.25) is 0 Å². The van der Waals surface area contributed by atoms with E-state index in [1.165, 1.54) is 19.3 Å². The van der Waals surface area contributed by atoms with Gasteiger partial charge in [-0.25, -0.2) is 4.79 Å². The van der Waals surface area contributed by atoms with Crippen molar-refractivity contribution in [2.45, 2.75) is 38.6 Å². The SMILES string of the molecule is CC(NC(=O)O)C(=O)N1CCCC2(CC2)C1. The molecule has 0 aromatic rings. The molecule has 90 valence electrons. The van der Waals surface area contributed by atoms with Gasteiger partial charge in [-0.1, -0.05) is 0 Å². The van der Waals surface area contributed by atoms with Crippen molar-refractivity contribution < 1.29 is 14.7 Å². The van der Waals surface area contributed by atoms with Crippen molar-refractivity contribution in [3.63, 3.8) is 0 Å². The normalized spacial score (nSPS) is 23.9. The summed E-state index contributed by atoms with van der Waals surface area (Å²) in [5, 5.41) is 10.8. The molecule has 2 N–H and O–H groups in total. The zero-order chi connectivity index (χ0) is 11.8. The number of amides is 2. The van der Waals surface area contributed by atoms with E-state index in [1.54, 1.807) is 6.92 Å². The molecule has 1 aliphatic carbocycles. The molecule has 1 saturated carbocycles. The van der Waals surface area contributed by atoms with Crippen LogP contribution in [-0.4, -0.2) is 41.1 Å². The van der Waals surface area contributed by atoms with E-state index in [0.29, 0.717) is 5.41 Å². The monoisotopic (exact) mass is 226 g/mol. The Hall–Kier alpha value is -1.26. The first-order valence-electron chi connectivity index (χ1n) is 5.81. The maximum absolute atomic E-state index is 11.9. The molecule has 1 aliphatic heterocycles. The number of likely N-dealkylation sites (tertiary alicyclic amines) is 1. The zero-order valence-electron chi connectivity index (χ0n) is 9.53. The first kappa shape index (κ1) is 11.2. The average Bonchev–Trinajstić information content (AvgIpc) is 2.95. The van der Waals surface area contributed by atoms with E-state index in [4.69, 9.17) is 5.11 Å². The van der Waals surface area contributed by atoms with Gasteiger partial charge in [0.25, 0.3) is 0 Å². The molecule has 0 radical (unpaired) electrons. The maximum atomic E-state index is 11.9. The molecule has 2 amide bonds. The second-order valence-corrected chi connectivity index (χ2v) is 5.03. The second kappa shape index (κ2) is 3.96. The Morgan fingerprint density at radius 1 is 1.38 bits per heavy atom. The van der Waals surface area contributed by atoms with Crippen molar-refractivity contribution in [1.82, 2.24) is 10.2 Å². The number of hydrogen-bond acceptors (Lipinski definition) is 2. The fourth-order valence-corrected chi connectivity index (χ4v) is 2.50. The second-order valence-electron chi connectivity index (χ2n) is 5.03. The Labute approximate surface area is 94.8 Å². The van der Waals surface area contributed by atoms with Crippen LogP contribution in [0.1, 0.15) is 32.6 Å². The summed E-state index contributed by atoms with van der Waals surface area (Å²) >= 11 is 0. The lowest BCUT2D eigenvalue weighted by molar-refractivity contribution is -0.135. The van der Waals surface area contributed by atoms with Crippen molar-refractivity contribution in [2.24, 2.45) is 5.41 Å². The molecule has 1 unspecified atom stereocenters. The van der Waals surface area contributed by atoms with E-state index in [-0.39, 0.29) is 5.91 Å². The molecule has 1 saturated heterocycles. The van der Waals surface area contributed by atoms with E-state index in [9.17, 15) is 9.59 Å². The van der Waals surface area contributed by atoms with Crippen molar-refractivity contribution in [1.29, 1.82) is 0 Å². The third-order valence-electron chi connectivity index (χ3n) is 3.64. The number of hydrogen-bond donors (Lipinski definition) is 2. The number of carboxylic acid groups (broad SMARTS) is 1. The molecular formula is C11H18N2O3. The number of nitrogens with one attached hydrogen (secondary N) is 1. The molecular weight excluding hydrogens is 208 g/mol. The number of carbonyl (C=O) groups is 2. The molecule has 0 aromatic heterocycles. The Morgan fingerprint density at radius 2 is 2.06 bits per heavy atom. The lowest BCUT2D eigenvalue weighted by Gasteiger charge is -2.34. The van der Waals surface area contributed by atoms with Crippen molar-refractivity contribution in [2.75, 3.05) is 13.1 Å². The smallest absolute Gasteiger partial charge is 0.405 e. The maximum Gasteiger partial charge on any atom is 0.405 e. The van der Waals surface area contributed by atoms with Crippen LogP contribution < -0.4 is 5.32 Å². The van der Waals surface area contributed by atoms with Crippen LogP contribution in [-0.2, 0) is 4.79 Å². The van der Waals surface area contributed by atoms with Crippen LogP contribution in [0, 0.1) is 5.41 Å². The highest BCUT2D eigenvalue weighted by Gasteiger charge is 2.46. The van der Waals surface area contributed by atoms with Gasteiger partial charge in [0.15, 0.2) is 0 Å². The first-order chi connectivity index (χ1) is 7.52. The van der Waals surface area contributed by atoms with Crippen LogP contribution in [0.25, 0.3) is 0 Å². The third-order valence-corrected chi connectivity index (χ3v) is 3.64. The molecule has 16 heavy (non-hydrogen) atoms. The summed E-state index contributed by atoms with van der Waals surface area (Å²) < 4.78 is 0. The van der Waals surface area contributed by atoms with E-state index >= 15 is 0 Å². The number of rotatable bonds is 2. The molecule has 5 nitrogen and oxygen atoms in total. The van der Waals surface area contributed by atoms with Crippen molar-refractivity contribution >= 4 is 12.0 Å². The minimum atomic E-state index is -1.14. The summed E-state index contributed by atoms with van der Waals surface area (Å²) in [5.74, 6) is -0.0895. The van der Waals surface area contributed by atoms with Gasteiger partial charge in [0.1, 0.15) is 6.04 Å². The summed E-state index contributed by atoms with van der Waals surface area (Å²) in [6.45, 7) is 3.19. The predicted molar refractivity (Wildman–Crippen MR) is 58.1 cm³/mol. The van der Waals surface area contributed by atoms with Crippen molar-refractivity contribution in [3.05, 3.63) is 0 Å². The van der Waals surface area contributed by atoms with Gasteiger partial charge in [-0.05, 0) is 38.0 Å². The molecule has 1 atom stereocenters. The number of nitrogens with zero attached hydrogens (tertiary/aromatic N) is 1. The summed E-state index contributed by atoms with van der Waals surface area (Å²) in [6.07, 6.45) is 3.57. The molecule has 0 aromatic carbocycles. The van der Waals surface area contributed by atoms with Gasteiger partial charge in [-0.3, -0.25) is 4.79 Å². The summed E-state index contributed by atoms with van der Waals surface area (Å²) in [7, 11) is 0. The Kier molecular flexibility index (Phi) is 2.78. The zero-order valence-corrected chi connectivity index (χ0v) is 9.53. The fourth-order valence-electron chi connectivity index (χ4n) is 2.50. The van der Waals surface area contributed by atoms with Gasteiger partial charge in [-0.2, -0.15) is 0 Å². The van der Waals surface area contributed by atoms with Crippen LogP contribution in [0.5, 0.6) is 0 Å². The van der Waals surface area contributed by atoms with Crippen LogP contribution in [0.3, 0.4) is 0 Å². The van der Waals surface area contributed by atoms with Gasteiger partial charge in [0.2, 0.25) is 5.91 Å². The Bertz CT molecular complexity index is 312. The van der Waals surface area contributed by atoms with Crippen molar-refractivity contribution in [3.8, 4) is 0 Å². The van der Waals surface area contributed by atoms with Crippen LogP contribution >= 0.6 is 0 Å². The average molecular weight is 226 g/mol. The Balaban J connectivity index is 1.90. The number of carbonyl (C=O) groups excluding carboxylic acids is 1. The Morgan fingerprint density at radius 3 is 2.62 bits per heavy atom. The van der Waals surface area contributed by atoms with E-state index in [0.717, 1.165) is 19.5 Å². The molecule has 5 heteroatoms. The highest BCUT2D eigenvalue weighted by atomic mass is 16.4. The van der Waals surface area contributed by atoms with E-state index in [1.807, 2.05) is 4.90 Å². The third kappa shape index (κ3) is 2.28. The summed E-state index contributed by atoms with van der Waals surface area (Å²) in [4.78, 5) is 24.2. The van der Waals surface area contributed by atoms with Gasteiger partial charge in [0, 0.05) is 13.1 Å². The molecule has 1 heterocycles. The van der Waals surface area contributed by atoms with Gasteiger partial charge >= 0.3 is 6.09 Å². The molecule has 2 fully saturated rings. The van der Waals surface area contributed by atoms with Gasteiger partial charge in [-0.15, -0.1) is 0 Å². The highest BCUT2D eigenvalue weighted by molar-refractivity contribution is 5.85. The topological polar surface area (TPSA) is 69.6 Å².